The average molecular weight is 317 g/mol. The van der Waals surface area contributed by atoms with Gasteiger partial charge in [0.05, 0.1) is 0 Å². The van der Waals surface area contributed by atoms with Gasteiger partial charge < -0.3 is 21.7 Å². The van der Waals surface area contributed by atoms with Crippen LogP contribution in [0.1, 0.15) is 25.7 Å². The van der Waals surface area contributed by atoms with Gasteiger partial charge in [0, 0.05) is 43.0 Å². The molecule has 0 saturated heterocycles. The van der Waals surface area contributed by atoms with Crippen LogP contribution in [0, 0.1) is 30.1 Å². The molecule has 3 aliphatic rings. The molecule has 116 valence electrons. The van der Waals surface area contributed by atoms with E-state index in [4.69, 9.17) is 15.3 Å². The molecule has 0 radical (unpaired) electrons. The zero-order chi connectivity index (χ0) is 14.7. The number of rotatable bonds is 0. The van der Waals surface area contributed by atoms with E-state index in [0.29, 0.717) is 0 Å². The van der Waals surface area contributed by atoms with Crippen molar-refractivity contribution in [1.82, 2.24) is 0 Å². The molecule has 4 atom stereocenters. The minimum absolute atomic E-state index is 0. The Bertz CT molecular complexity index is 266. The van der Waals surface area contributed by atoms with Crippen LogP contribution in [0.4, 0.5) is 0 Å². The number of allylic oxidation sites excluding steroid dienone is 4. The van der Waals surface area contributed by atoms with Crippen LogP contribution in [-0.4, -0.2) is 36.6 Å². The minimum Gasteiger partial charge on any atom is -0.400 e. The Hall–Kier alpha value is 0.0743. The fraction of sp³-hybridized carbons (Fsp3) is 0.688. The molecular formula is C16H29O3Ti-. The van der Waals surface area contributed by atoms with E-state index in [0.717, 1.165) is 45.0 Å². The zero-order valence-electron chi connectivity index (χ0n) is 12.9. The van der Waals surface area contributed by atoms with Gasteiger partial charge >= 0.3 is 0 Å². The van der Waals surface area contributed by atoms with E-state index in [-0.39, 0.29) is 21.7 Å². The summed E-state index contributed by atoms with van der Waals surface area (Å²) >= 11 is 0. The Labute approximate surface area is 138 Å². The van der Waals surface area contributed by atoms with Crippen LogP contribution in [0.25, 0.3) is 0 Å². The molecule has 0 aromatic carbocycles. The SMILES string of the molecule is C1=CC2[CH-]C3CCCCC3C2C=C1.CO.CO.CO.[Ti]. The van der Waals surface area contributed by atoms with Crippen molar-refractivity contribution >= 4 is 0 Å². The molecule has 20 heavy (non-hydrogen) atoms. The Morgan fingerprint density at radius 3 is 2.05 bits per heavy atom. The molecule has 0 aromatic rings. The Kier molecular flexibility index (Phi) is 15.7. The van der Waals surface area contributed by atoms with E-state index in [1.54, 1.807) is 0 Å². The molecule has 4 unspecified atom stereocenters. The summed E-state index contributed by atoms with van der Waals surface area (Å²) in [5, 5.41) is 21.0. The predicted octanol–water partition coefficient (Wildman–Crippen LogP) is 2.19. The van der Waals surface area contributed by atoms with Gasteiger partial charge in [-0.15, -0.1) is 12.0 Å². The average Bonchev–Trinajstić information content (AvgIpc) is 2.92. The van der Waals surface area contributed by atoms with Gasteiger partial charge in [0.1, 0.15) is 0 Å². The molecule has 3 rings (SSSR count). The third-order valence-corrected chi connectivity index (χ3v) is 4.06. The molecule has 0 amide bonds. The summed E-state index contributed by atoms with van der Waals surface area (Å²) in [7, 11) is 3.00. The second kappa shape index (κ2) is 14.0. The normalized spacial score (nSPS) is 31.7. The van der Waals surface area contributed by atoms with Crippen molar-refractivity contribution in [2.24, 2.45) is 23.7 Å². The Morgan fingerprint density at radius 2 is 1.40 bits per heavy atom. The van der Waals surface area contributed by atoms with Gasteiger partial charge in [-0.25, -0.2) is 0 Å². The first-order valence-electron chi connectivity index (χ1n) is 6.99. The van der Waals surface area contributed by atoms with Crippen LogP contribution in [-0.2, 0) is 21.7 Å². The van der Waals surface area contributed by atoms with Gasteiger partial charge in [0.2, 0.25) is 0 Å². The first kappa shape index (κ1) is 22.4. The molecule has 3 aliphatic carbocycles. The topological polar surface area (TPSA) is 60.7 Å². The fourth-order valence-electron chi connectivity index (χ4n) is 3.45. The first-order chi connectivity index (χ1) is 9.45. The summed E-state index contributed by atoms with van der Waals surface area (Å²) in [5.74, 6) is 3.56. The minimum atomic E-state index is 0. The summed E-state index contributed by atoms with van der Waals surface area (Å²) in [6, 6.07) is 0. The molecule has 0 aliphatic heterocycles. The van der Waals surface area contributed by atoms with Gasteiger partial charge in [-0.3, -0.25) is 0 Å². The Morgan fingerprint density at radius 1 is 0.850 bits per heavy atom. The molecule has 3 nitrogen and oxygen atoms in total. The van der Waals surface area contributed by atoms with Gasteiger partial charge in [0.25, 0.3) is 0 Å². The second-order valence-corrected chi connectivity index (χ2v) is 4.73. The van der Waals surface area contributed by atoms with Gasteiger partial charge in [-0.1, -0.05) is 49.8 Å². The maximum Gasteiger partial charge on any atom is 0.0319 e. The second-order valence-electron chi connectivity index (χ2n) is 4.73. The molecule has 0 spiro atoms. The first-order valence-corrected chi connectivity index (χ1v) is 6.99. The number of hydrogen-bond donors (Lipinski definition) is 3. The summed E-state index contributed by atoms with van der Waals surface area (Å²) < 4.78 is 0. The van der Waals surface area contributed by atoms with Gasteiger partial charge in [0.15, 0.2) is 0 Å². The molecule has 0 heterocycles. The predicted molar refractivity (Wildman–Crippen MR) is 79.4 cm³/mol. The molecule has 0 aromatic heterocycles. The third-order valence-electron chi connectivity index (χ3n) is 4.06. The molecular weight excluding hydrogens is 288 g/mol. The molecule has 2 fully saturated rings. The van der Waals surface area contributed by atoms with E-state index in [1.807, 2.05) is 0 Å². The van der Waals surface area contributed by atoms with Crippen LogP contribution in [0.3, 0.4) is 0 Å². The zero-order valence-corrected chi connectivity index (χ0v) is 14.4. The largest absolute Gasteiger partial charge is 0.400 e. The monoisotopic (exact) mass is 317 g/mol. The maximum absolute atomic E-state index is 7.00. The summed E-state index contributed by atoms with van der Waals surface area (Å²) in [6.07, 6.45) is 17.8. The van der Waals surface area contributed by atoms with Crippen molar-refractivity contribution in [2.75, 3.05) is 21.3 Å². The van der Waals surface area contributed by atoms with Crippen molar-refractivity contribution < 1.29 is 37.0 Å². The summed E-state index contributed by atoms with van der Waals surface area (Å²) in [6.45, 7) is 0. The quantitative estimate of drug-likeness (QED) is 0.474. The van der Waals surface area contributed by atoms with E-state index in [1.165, 1.54) is 25.7 Å². The van der Waals surface area contributed by atoms with Gasteiger partial charge in [-0.2, -0.15) is 5.92 Å². The fourth-order valence-corrected chi connectivity index (χ4v) is 3.45. The van der Waals surface area contributed by atoms with Crippen LogP contribution in [0.5, 0.6) is 0 Å². The van der Waals surface area contributed by atoms with E-state index >= 15 is 0 Å². The number of fused-ring (bicyclic) bond motifs is 3. The van der Waals surface area contributed by atoms with E-state index in [9.17, 15) is 0 Å². The van der Waals surface area contributed by atoms with E-state index < -0.39 is 0 Å². The van der Waals surface area contributed by atoms with E-state index in [2.05, 4.69) is 30.7 Å². The smallest absolute Gasteiger partial charge is 0.0319 e. The molecule has 0 bridgehead atoms. The third kappa shape index (κ3) is 5.83. The number of aliphatic hydroxyl groups is 3. The van der Waals surface area contributed by atoms with Crippen LogP contribution < -0.4 is 0 Å². The number of hydrogen-bond acceptors (Lipinski definition) is 3. The summed E-state index contributed by atoms with van der Waals surface area (Å²) in [4.78, 5) is 0. The van der Waals surface area contributed by atoms with Crippen molar-refractivity contribution in [2.45, 2.75) is 25.7 Å². The van der Waals surface area contributed by atoms with Crippen LogP contribution in [0.2, 0.25) is 0 Å². The molecule has 3 N–H and O–H groups in total. The van der Waals surface area contributed by atoms with Crippen molar-refractivity contribution in [1.29, 1.82) is 0 Å². The van der Waals surface area contributed by atoms with Crippen LogP contribution >= 0.6 is 0 Å². The number of aliphatic hydroxyl groups excluding tert-OH is 3. The van der Waals surface area contributed by atoms with Crippen molar-refractivity contribution in [3.8, 4) is 0 Å². The van der Waals surface area contributed by atoms with Gasteiger partial charge in [-0.05, 0) is 5.92 Å². The van der Waals surface area contributed by atoms with Crippen molar-refractivity contribution in [3.05, 3.63) is 30.7 Å². The van der Waals surface area contributed by atoms with Crippen LogP contribution in [0.15, 0.2) is 24.3 Å². The molecule has 4 heteroatoms. The standard InChI is InChI=1S/C13H17.3CH4O.Ti/c1-3-7-12-10(5-1)9-11-6-2-4-8-13(11)12;3*1-2;/h1,3,5,7,9-13H,2,4,6,8H2;3*2H,1H3;/q-1;;;;. The maximum atomic E-state index is 7.00. The molecule has 2 saturated carbocycles. The summed E-state index contributed by atoms with van der Waals surface area (Å²) in [5.41, 5.74) is 0. The Balaban J connectivity index is 0. The van der Waals surface area contributed by atoms with Crippen molar-refractivity contribution in [3.63, 3.8) is 0 Å².